The summed E-state index contributed by atoms with van der Waals surface area (Å²) in [6, 6.07) is 10.3. The summed E-state index contributed by atoms with van der Waals surface area (Å²) >= 11 is 0. The molecular weight excluding hydrogens is 152 g/mol. The van der Waals surface area contributed by atoms with Crippen molar-refractivity contribution in [1.29, 1.82) is 0 Å². The normalized spacial score (nSPS) is 7.75. The highest BCUT2D eigenvalue weighted by Crippen LogP contribution is 1.92. The van der Waals surface area contributed by atoms with Gasteiger partial charge in [-0.15, -0.1) is 0 Å². The largest absolute Gasteiger partial charge is 0.545 e. The smallest absolute Gasteiger partial charge is 0.0636 e. The van der Waals surface area contributed by atoms with Crippen molar-refractivity contribution in [1.82, 2.24) is 0 Å². The average Bonchev–Trinajstić information content (AvgIpc) is 2.07. The second-order valence-corrected chi connectivity index (χ2v) is 2.18. The summed E-state index contributed by atoms with van der Waals surface area (Å²) in [5, 5.41) is 9.14. The molecule has 0 aliphatic carbocycles. The Morgan fingerprint density at radius 2 is 1.83 bits per heavy atom. The van der Waals surface area contributed by atoms with Crippen molar-refractivity contribution in [2.45, 2.75) is 6.92 Å². The van der Waals surface area contributed by atoms with E-state index in [0.717, 1.165) is 6.08 Å². The Labute approximate surface area is 72.2 Å². The third-order valence-electron chi connectivity index (χ3n) is 1.11. The Hall–Kier alpha value is -1.57. The molecule has 0 aromatic heterocycles. The van der Waals surface area contributed by atoms with Crippen LogP contribution in [0.2, 0.25) is 0 Å². The van der Waals surface area contributed by atoms with E-state index in [4.69, 9.17) is 9.90 Å². The monoisotopic (exact) mass is 163 g/mol. The first-order chi connectivity index (χ1) is 5.66. The number of benzene rings is 1. The molecule has 0 unspecified atom stereocenters. The van der Waals surface area contributed by atoms with Crippen LogP contribution in [0, 0.1) is 6.92 Å². The second kappa shape index (κ2) is 6.16. The number of carboxylic acid groups (broad SMARTS) is 1. The van der Waals surface area contributed by atoms with E-state index < -0.39 is 5.97 Å². The fourth-order valence-electron chi connectivity index (χ4n) is 0.534. The van der Waals surface area contributed by atoms with Gasteiger partial charge in [0, 0.05) is 0 Å². The highest BCUT2D eigenvalue weighted by molar-refractivity contribution is 5.76. The topological polar surface area (TPSA) is 40.1 Å². The lowest BCUT2D eigenvalue weighted by Crippen LogP contribution is -2.17. The van der Waals surface area contributed by atoms with Gasteiger partial charge in [0.25, 0.3) is 0 Å². The van der Waals surface area contributed by atoms with Crippen LogP contribution in [0.3, 0.4) is 0 Å². The molecule has 0 atom stereocenters. The number of rotatable bonds is 1. The number of aliphatic carboxylic acids is 1. The molecule has 1 rings (SSSR count). The van der Waals surface area contributed by atoms with E-state index in [9.17, 15) is 0 Å². The number of aryl methyl sites for hydroxylation is 1. The molecule has 0 bridgehead atoms. The summed E-state index contributed by atoms with van der Waals surface area (Å²) in [5.74, 6) is -1.23. The second-order valence-electron chi connectivity index (χ2n) is 2.18. The number of carbonyl (C=O) groups is 1. The first-order valence-electron chi connectivity index (χ1n) is 3.52. The maximum atomic E-state index is 9.14. The Morgan fingerprint density at radius 3 is 2.00 bits per heavy atom. The molecule has 0 aliphatic rings. The van der Waals surface area contributed by atoms with E-state index in [1.54, 1.807) is 0 Å². The van der Waals surface area contributed by atoms with Gasteiger partial charge in [0.05, 0.1) is 5.97 Å². The molecule has 12 heavy (non-hydrogen) atoms. The van der Waals surface area contributed by atoms with Crippen LogP contribution >= 0.6 is 0 Å². The minimum Gasteiger partial charge on any atom is -0.545 e. The molecular formula is C10H11O2-. The van der Waals surface area contributed by atoms with Gasteiger partial charge in [0.2, 0.25) is 0 Å². The van der Waals surface area contributed by atoms with Crippen LogP contribution in [0.5, 0.6) is 0 Å². The summed E-state index contributed by atoms with van der Waals surface area (Å²) in [6.45, 7) is 4.98. The molecule has 0 N–H and O–H groups in total. The van der Waals surface area contributed by atoms with E-state index in [1.807, 2.05) is 18.2 Å². The third-order valence-corrected chi connectivity index (χ3v) is 1.11. The molecule has 1 aromatic carbocycles. The summed E-state index contributed by atoms with van der Waals surface area (Å²) in [7, 11) is 0. The van der Waals surface area contributed by atoms with E-state index in [-0.39, 0.29) is 0 Å². The van der Waals surface area contributed by atoms with Crippen molar-refractivity contribution >= 4 is 5.97 Å². The number of hydrogen-bond acceptors (Lipinski definition) is 2. The SMILES string of the molecule is C=CC(=O)[O-].Cc1ccccc1. The van der Waals surface area contributed by atoms with Crippen molar-refractivity contribution in [2.75, 3.05) is 0 Å². The van der Waals surface area contributed by atoms with Crippen LogP contribution in [-0.4, -0.2) is 5.97 Å². The molecule has 0 radical (unpaired) electrons. The van der Waals surface area contributed by atoms with Crippen LogP contribution in [0.4, 0.5) is 0 Å². The van der Waals surface area contributed by atoms with E-state index in [0.29, 0.717) is 0 Å². The third kappa shape index (κ3) is 6.55. The van der Waals surface area contributed by atoms with Crippen LogP contribution in [0.25, 0.3) is 0 Å². The van der Waals surface area contributed by atoms with Gasteiger partial charge in [0.15, 0.2) is 0 Å². The van der Waals surface area contributed by atoms with Crippen LogP contribution in [0.15, 0.2) is 43.0 Å². The summed E-state index contributed by atoms with van der Waals surface area (Å²) in [5.41, 5.74) is 1.32. The lowest BCUT2D eigenvalue weighted by molar-refractivity contribution is -0.297. The molecule has 0 saturated heterocycles. The molecule has 0 aliphatic heterocycles. The van der Waals surface area contributed by atoms with Crippen LogP contribution in [-0.2, 0) is 4.79 Å². The zero-order valence-corrected chi connectivity index (χ0v) is 6.99. The van der Waals surface area contributed by atoms with E-state index in [2.05, 4.69) is 25.6 Å². The first-order valence-corrected chi connectivity index (χ1v) is 3.52. The van der Waals surface area contributed by atoms with Gasteiger partial charge in [-0.2, -0.15) is 0 Å². The van der Waals surface area contributed by atoms with Gasteiger partial charge in [-0.1, -0.05) is 42.5 Å². The Morgan fingerprint density at radius 1 is 1.42 bits per heavy atom. The van der Waals surface area contributed by atoms with Crippen molar-refractivity contribution in [3.05, 3.63) is 48.6 Å². The molecule has 2 nitrogen and oxygen atoms in total. The standard InChI is InChI=1S/C7H8.C3H4O2/c1-7-5-3-2-4-6-7;1-2-3(4)5/h2-6H,1H3;2H,1H2,(H,4,5)/p-1. The molecule has 0 spiro atoms. The quantitative estimate of drug-likeness (QED) is 0.577. The fraction of sp³-hybridized carbons (Fsp3) is 0.100. The predicted molar refractivity (Wildman–Crippen MR) is 46.4 cm³/mol. The van der Waals surface area contributed by atoms with Crippen molar-refractivity contribution in [3.8, 4) is 0 Å². The zero-order chi connectivity index (χ0) is 9.40. The fourth-order valence-corrected chi connectivity index (χ4v) is 0.534. The van der Waals surface area contributed by atoms with Crippen molar-refractivity contribution in [3.63, 3.8) is 0 Å². The first kappa shape index (κ1) is 10.4. The van der Waals surface area contributed by atoms with Crippen LogP contribution < -0.4 is 5.11 Å². The molecule has 0 fully saturated rings. The van der Waals surface area contributed by atoms with Gasteiger partial charge in [-0.25, -0.2) is 0 Å². The molecule has 0 amide bonds. The average molecular weight is 163 g/mol. The Balaban J connectivity index is 0.000000217. The van der Waals surface area contributed by atoms with Gasteiger partial charge in [-0.05, 0) is 13.0 Å². The van der Waals surface area contributed by atoms with Crippen LogP contribution in [0.1, 0.15) is 5.56 Å². The number of carboxylic acids is 1. The lowest BCUT2D eigenvalue weighted by Gasteiger charge is -1.82. The molecule has 64 valence electrons. The lowest BCUT2D eigenvalue weighted by atomic mass is 10.2. The Bertz CT molecular complexity index is 239. The van der Waals surface area contributed by atoms with E-state index in [1.165, 1.54) is 5.56 Å². The highest BCUT2D eigenvalue weighted by atomic mass is 16.4. The molecule has 1 aromatic rings. The summed E-state index contributed by atoms with van der Waals surface area (Å²) in [4.78, 5) is 9.14. The number of carbonyl (C=O) groups excluding carboxylic acids is 1. The van der Waals surface area contributed by atoms with Gasteiger partial charge in [-0.3, -0.25) is 0 Å². The number of hydrogen-bond donors (Lipinski definition) is 0. The summed E-state index contributed by atoms with van der Waals surface area (Å²) in [6.07, 6.45) is 0.722. The van der Waals surface area contributed by atoms with Crippen molar-refractivity contribution < 1.29 is 9.90 Å². The summed E-state index contributed by atoms with van der Waals surface area (Å²) < 4.78 is 0. The minimum atomic E-state index is -1.23. The molecule has 0 heterocycles. The predicted octanol–water partition coefficient (Wildman–Crippen LogP) is 0.917. The van der Waals surface area contributed by atoms with Gasteiger partial charge in [0.1, 0.15) is 0 Å². The van der Waals surface area contributed by atoms with E-state index >= 15 is 0 Å². The molecule has 2 heteroatoms. The maximum absolute atomic E-state index is 9.14. The zero-order valence-electron chi connectivity index (χ0n) is 6.99. The van der Waals surface area contributed by atoms with Gasteiger partial charge >= 0.3 is 0 Å². The van der Waals surface area contributed by atoms with Crippen molar-refractivity contribution in [2.24, 2.45) is 0 Å². The highest BCUT2D eigenvalue weighted by Gasteiger charge is 1.72. The van der Waals surface area contributed by atoms with Gasteiger partial charge < -0.3 is 9.90 Å². The Kier molecular flexibility index (Phi) is 5.35. The molecule has 0 saturated carbocycles. The maximum Gasteiger partial charge on any atom is 0.0636 e. The minimum absolute atomic E-state index is 0.722.